The van der Waals surface area contributed by atoms with E-state index in [0.717, 1.165) is 5.69 Å². The lowest BCUT2D eigenvalue weighted by Crippen LogP contribution is -1.95. The Morgan fingerprint density at radius 2 is 1.86 bits per heavy atom. The van der Waals surface area contributed by atoms with Crippen molar-refractivity contribution >= 4 is 0 Å². The summed E-state index contributed by atoms with van der Waals surface area (Å²) in [4.78, 5) is 7.89. The van der Waals surface area contributed by atoms with Crippen LogP contribution in [0, 0.1) is 0 Å². The largest absolute Gasteiger partial charge is 0.243 e. The highest BCUT2D eigenvalue weighted by atomic mass is 15.3. The standard InChI is InChI=1S/C10H12N4/c1-8(2)9-3-13-14(6-9)10-4-11-7-12-5-10/h3-8H,1-2H3. The normalized spacial score (nSPS) is 10.8. The first-order chi connectivity index (χ1) is 6.77. The van der Waals surface area contributed by atoms with E-state index in [1.54, 1.807) is 17.1 Å². The van der Waals surface area contributed by atoms with Crippen LogP contribution >= 0.6 is 0 Å². The smallest absolute Gasteiger partial charge is 0.115 e. The zero-order valence-corrected chi connectivity index (χ0v) is 8.25. The molecule has 0 saturated heterocycles. The van der Waals surface area contributed by atoms with E-state index in [1.807, 2.05) is 12.4 Å². The third kappa shape index (κ3) is 1.64. The molecule has 0 aromatic carbocycles. The lowest BCUT2D eigenvalue weighted by Gasteiger charge is -1.99. The molecule has 0 unspecified atom stereocenters. The predicted molar refractivity (Wildman–Crippen MR) is 53.2 cm³/mol. The zero-order chi connectivity index (χ0) is 9.97. The minimum absolute atomic E-state index is 0.494. The van der Waals surface area contributed by atoms with Crippen LogP contribution < -0.4 is 0 Å². The molecule has 0 N–H and O–H groups in total. The maximum Gasteiger partial charge on any atom is 0.115 e. The van der Waals surface area contributed by atoms with Crippen LogP contribution in [0.2, 0.25) is 0 Å². The molecule has 14 heavy (non-hydrogen) atoms. The molecule has 4 heteroatoms. The van der Waals surface area contributed by atoms with E-state index in [4.69, 9.17) is 0 Å². The van der Waals surface area contributed by atoms with E-state index < -0.39 is 0 Å². The second kappa shape index (κ2) is 3.57. The zero-order valence-electron chi connectivity index (χ0n) is 8.25. The molecule has 0 aliphatic carbocycles. The number of hydrogen-bond acceptors (Lipinski definition) is 3. The topological polar surface area (TPSA) is 43.6 Å². The van der Waals surface area contributed by atoms with Crippen LogP contribution in [0.1, 0.15) is 25.3 Å². The van der Waals surface area contributed by atoms with Crippen molar-refractivity contribution in [1.29, 1.82) is 0 Å². The highest BCUT2D eigenvalue weighted by Gasteiger charge is 2.03. The Hall–Kier alpha value is -1.71. The van der Waals surface area contributed by atoms with Crippen LogP contribution in [-0.4, -0.2) is 19.7 Å². The Morgan fingerprint density at radius 3 is 2.43 bits per heavy atom. The fraction of sp³-hybridized carbons (Fsp3) is 0.300. The van der Waals surface area contributed by atoms with E-state index in [1.165, 1.54) is 11.9 Å². The summed E-state index contributed by atoms with van der Waals surface area (Å²) in [6.07, 6.45) is 8.87. The van der Waals surface area contributed by atoms with E-state index in [-0.39, 0.29) is 0 Å². The fourth-order valence-electron chi connectivity index (χ4n) is 1.19. The van der Waals surface area contributed by atoms with E-state index in [2.05, 4.69) is 28.9 Å². The molecule has 0 spiro atoms. The average molecular weight is 188 g/mol. The summed E-state index contributed by atoms with van der Waals surface area (Å²) in [6.45, 7) is 4.28. The van der Waals surface area contributed by atoms with Gasteiger partial charge in [-0.1, -0.05) is 13.8 Å². The second-order valence-corrected chi connectivity index (χ2v) is 3.47. The Bertz CT molecular complexity index is 405. The summed E-state index contributed by atoms with van der Waals surface area (Å²) in [6, 6.07) is 0. The molecule has 2 aromatic rings. The molecule has 0 radical (unpaired) electrons. The molecule has 0 saturated carbocycles. The van der Waals surface area contributed by atoms with Gasteiger partial charge in [0.25, 0.3) is 0 Å². The molecule has 0 atom stereocenters. The summed E-state index contributed by atoms with van der Waals surface area (Å²) in [7, 11) is 0. The number of hydrogen-bond donors (Lipinski definition) is 0. The van der Waals surface area contributed by atoms with Gasteiger partial charge in [0.15, 0.2) is 0 Å². The minimum atomic E-state index is 0.494. The van der Waals surface area contributed by atoms with E-state index >= 15 is 0 Å². The lowest BCUT2D eigenvalue weighted by molar-refractivity contribution is 0.851. The molecule has 72 valence electrons. The Labute approximate surface area is 82.6 Å². The second-order valence-electron chi connectivity index (χ2n) is 3.47. The quantitative estimate of drug-likeness (QED) is 0.721. The summed E-state index contributed by atoms with van der Waals surface area (Å²) in [5.74, 6) is 0.494. The third-order valence-electron chi connectivity index (χ3n) is 2.08. The van der Waals surface area contributed by atoms with Gasteiger partial charge in [0.2, 0.25) is 0 Å². The van der Waals surface area contributed by atoms with Crippen LogP contribution in [0.4, 0.5) is 0 Å². The maximum atomic E-state index is 4.24. The first kappa shape index (κ1) is 8.87. The summed E-state index contributed by atoms with van der Waals surface area (Å²) in [5.41, 5.74) is 2.10. The van der Waals surface area contributed by atoms with Crippen molar-refractivity contribution in [3.63, 3.8) is 0 Å². The first-order valence-corrected chi connectivity index (χ1v) is 4.57. The van der Waals surface area contributed by atoms with Gasteiger partial charge in [0, 0.05) is 6.20 Å². The average Bonchev–Trinajstić information content (AvgIpc) is 2.68. The van der Waals surface area contributed by atoms with Gasteiger partial charge in [-0.3, -0.25) is 0 Å². The van der Waals surface area contributed by atoms with Crippen LogP contribution in [-0.2, 0) is 0 Å². The van der Waals surface area contributed by atoms with Crippen molar-refractivity contribution in [3.8, 4) is 5.69 Å². The molecule has 2 heterocycles. The molecule has 0 fully saturated rings. The highest BCUT2D eigenvalue weighted by Crippen LogP contribution is 2.14. The van der Waals surface area contributed by atoms with E-state index in [9.17, 15) is 0 Å². The molecule has 0 aliphatic heterocycles. The van der Waals surface area contributed by atoms with Crippen molar-refractivity contribution in [2.45, 2.75) is 19.8 Å². The minimum Gasteiger partial charge on any atom is -0.243 e. The Kier molecular flexibility index (Phi) is 2.26. The van der Waals surface area contributed by atoms with Gasteiger partial charge in [-0.15, -0.1) is 0 Å². The Morgan fingerprint density at radius 1 is 1.14 bits per heavy atom. The van der Waals surface area contributed by atoms with Crippen molar-refractivity contribution in [3.05, 3.63) is 36.7 Å². The fourth-order valence-corrected chi connectivity index (χ4v) is 1.19. The van der Waals surface area contributed by atoms with Crippen LogP contribution in [0.5, 0.6) is 0 Å². The van der Waals surface area contributed by atoms with Crippen molar-refractivity contribution in [2.75, 3.05) is 0 Å². The SMILES string of the molecule is CC(C)c1cnn(-c2cncnc2)c1. The van der Waals surface area contributed by atoms with Crippen LogP contribution in [0.15, 0.2) is 31.1 Å². The lowest BCUT2D eigenvalue weighted by atomic mass is 10.1. The summed E-state index contributed by atoms with van der Waals surface area (Å²) < 4.78 is 1.79. The van der Waals surface area contributed by atoms with Crippen LogP contribution in [0.25, 0.3) is 5.69 Å². The van der Waals surface area contributed by atoms with Crippen molar-refractivity contribution in [1.82, 2.24) is 19.7 Å². The molecule has 2 aromatic heterocycles. The van der Waals surface area contributed by atoms with Gasteiger partial charge in [-0.05, 0) is 11.5 Å². The first-order valence-electron chi connectivity index (χ1n) is 4.57. The molecule has 2 rings (SSSR count). The van der Waals surface area contributed by atoms with Gasteiger partial charge in [0.1, 0.15) is 12.0 Å². The van der Waals surface area contributed by atoms with Gasteiger partial charge in [-0.25, -0.2) is 14.6 Å². The molecular formula is C10H12N4. The van der Waals surface area contributed by atoms with Crippen molar-refractivity contribution < 1.29 is 0 Å². The Balaban J connectivity index is 2.34. The number of nitrogens with zero attached hydrogens (tertiary/aromatic N) is 4. The molecule has 0 aliphatic rings. The maximum absolute atomic E-state index is 4.24. The highest BCUT2D eigenvalue weighted by molar-refractivity contribution is 5.25. The number of aromatic nitrogens is 4. The molecule has 0 amide bonds. The number of rotatable bonds is 2. The van der Waals surface area contributed by atoms with Crippen molar-refractivity contribution in [2.24, 2.45) is 0 Å². The predicted octanol–water partition coefficient (Wildman–Crippen LogP) is 1.79. The summed E-state index contributed by atoms with van der Waals surface area (Å²) in [5, 5.41) is 4.24. The molecule has 4 nitrogen and oxygen atoms in total. The monoisotopic (exact) mass is 188 g/mol. The molecule has 0 bridgehead atoms. The molecular weight excluding hydrogens is 176 g/mol. The van der Waals surface area contributed by atoms with Gasteiger partial charge in [0.05, 0.1) is 18.6 Å². The van der Waals surface area contributed by atoms with Gasteiger partial charge < -0.3 is 0 Å². The van der Waals surface area contributed by atoms with Gasteiger partial charge >= 0.3 is 0 Å². The van der Waals surface area contributed by atoms with Gasteiger partial charge in [-0.2, -0.15) is 5.10 Å². The van der Waals surface area contributed by atoms with E-state index in [0.29, 0.717) is 5.92 Å². The third-order valence-corrected chi connectivity index (χ3v) is 2.08. The van der Waals surface area contributed by atoms with Crippen LogP contribution in [0.3, 0.4) is 0 Å². The summed E-state index contributed by atoms with van der Waals surface area (Å²) >= 11 is 0.